The lowest BCUT2D eigenvalue weighted by Gasteiger charge is -2.36. The molecule has 0 aliphatic carbocycles. The molecule has 0 saturated heterocycles. The number of hydrogen-bond acceptors (Lipinski definition) is 2. The highest BCUT2D eigenvalue weighted by Crippen LogP contribution is 2.42. The number of rotatable bonds is 9. The number of aromatic hydroxyl groups is 1. The Bertz CT molecular complexity index is 778. The lowest BCUT2D eigenvalue weighted by molar-refractivity contribution is 0.0537. The van der Waals surface area contributed by atoms with Crippen LogP contribution in [0.5, 0.6) is 11.5 Å². The number of hydrogen-bond donors (Lipinski definition) is 1. The summed E-state index contributed by atoms with van der Waals surface area (Å²) in [7, 11) is 0. The zero-order valence-corrected chi connectivity index (χ0v) is 19.4. The monoisotopic (exact) mass is 396 g/mol. The van der Waals surface area contributed by atoms with E-state index in [1.54, 1.807) is 6.07 Å². The zero-order chi connectivity index (χ0) is 21.4. The number of allylic oxidation sites excluding steroid dienone is 6. The SMILES string of the molecule is CC(C)=CCC/C(C)=C/CC/C(C)=C/CC[C@@]1(C)CCc2cc(C)cc(O)c2O1. The normalized spacial score (nSPS) is 19.5. The largest absolute Gasteiger partial charge is 0.504 e. The van der Waals surface area contributed by atoms with Crippen molar-refractivity contribution >= 4 is 0 Å². The summed E-state index contributed by atoms with van der Waals surface area (Å²) >= 11 is 0. The maximum Gasteiger partial charge on any atom is 0.164 e. The Hall–Kier alpha value is -1.96. The number of aryl methyl sites for hydroxylation is 2. The second-order valence-electron chi connectivity index (χ2n) is 9.32. The number of fused-ring (bicyclic) bond motifs is 1. The second kappa shape index (κ2) is 10.7. The summed E-state index contributed by atoms with van der Waals surface area (Å²) in [6.07, 6.45) is 15.6. The van der Waals surface area contributed by atoms with Crippen LogP contribution in [0.25, 0.3) is 0 Å². The molecule has 1 heterocycles. The summed E-state index contributed by atoms with van der Waals surface area (Å²) in [5.74, 6) is 0.975. The van der Waals surface area contributed by atoms with Gasteiger partial charge in [-0.05, 0) is 110 Å². The fourth-order valence-electron chi connectivity index (χ4n) is 3.97. The van der Waals surface area contributed by atoms with Crippen LogP contribution >= 0.6 is 0 Å². The van der Waals surface area contributed by atoms with Crippen molar-refractivity contribution in [2.24, 2.45) is 0 Å². The molecule has 0 radical (unpaired) electrons. The van der Waals surface area contributed by atoms with Crippen molar-refractivity contribution < 1.29 is 9.84 Å². The predicted octanol–water partition coefficient (Wildman–Crippen LogP) is 7.98. The van der Waals surface area contributed by atoms with Gasteiger partial charge in [-0.25, -0.2) is 0 Å². The van der Waals surface area contributed by atoms with Crippen LogP contribution in [0, 0.1) is 6.92 Å². The molecular weight excluding hydrogens is 356 g/mol. The van der Waals surface area contributed by atoms with Crippen molar-refractivity contribution in [3.05, 3.63) is 58.2 Å². The molecule has 1 aliphatic heterocycles. The molecule has 0 amide bonds. The maximum atomic E-state index is 10.3. The third-order valence-corrected chi connectivity index (χ3v) is 5.85. The topological polar surface area (TPSA) is 29.5 Å². The summed E-state index contributed by atoms with van der Waals surface area (Å²) in [6, 6.07) is 3.93. The maximum absolute atomic E-state index is 10.3. The van der Waals surface area contributed by atoms with Crippen molar-refractivity contribution in [1.82, 2.24) is 0 Å². The highest BCUT2D eigenvalue weighted by Gasteiger charge is 2.32. The highest BCUT2D eigenvalue weighted by molar-refractivity contribution is 5.50. The van der Waals surface area contributed by atoms with Gasteiger partial charge in [-0.15, -0.1) is 0 Å². The summed E-state index contributed by atoms with van der Waals surface area (Å²) in [5.41, 5.74) is 6.38. The number of phenolic OH excluding ortho intramolecular Hbond substituents is 1. The van der Waals surface area contributed by atoms with Crippen molar-refractivity contribution in [3.63, 3.8) is 0 Å². The molecule has 1 aromatic carbocycles. The minimum atomic E-state index is -0.196. The lowest BCUT2D eigenvalue weighted by atomic mass is 9.88. The van der Waals surface area contributed by atoms with Crippen LogP contribution in [0.2, 0.25) is 0 Å². The van der Waals surface area contributed by atoms with Crippen LogP contribution in [0.3, 0.4) is 0 Å². The van der Waals surface area contributed by atoms with Gasteiger partial charge >= 0.3 is 0 Å². The Morgan fingerprint density at radius 1 is 1.00 bits per heavy atom. The van der Waals surface area contributed by atoms with E-state index in [1.807, 2.05) is 6.92 Å². The van der Waals surface area contributed by atoms with Crippen LogP contribution in [0.1, 0.15) is 90.7 Å². The first-order valence-corrected chi connectivity index (χ1v) is 11.1. The Morgan fingerprint density at radius 2 is 1.62 bits per heavy atom. The number of phenols is 1. The minimum absolute atomic E-state index is 0.196. The van der Waals surface area contributed by atoms with Gasteiger partial charge in [-0.3, -0.25) is 0 Å². The molecule has 0 saturated carbocycles. The van der Waals surface area contributed by atoms with Gasteiger partial charge in [-0.2, -0.15) is 0 Å². The molecule has 0 spiro atoms. The Kier molecular flexibility index (Phi) is 8.61. The van der Waals surface area contributed by atoms with E-state index < -0.39 is 0 Å². The van der Waals surface area contributed by atoms with E-state index in [0.29, 0.717) is 5.75 Å². The van der Waals surface area contributed by atoms with Crippen molar-refractivity contribution in [2.45, 2.75) is 98.5 Å². The molecule has 1 aliphatic rings. The molecular formula is C27H40O2. The van der Waals surface area contributed by atoms with Gasteiger partial charge in [0.05, 0.1) is 0 Å². The predicted molar refractivity (Wildman–Crippen MR) is 125 cm³/mol. The van der Waals surface area contributed by atoms with E-state index in [0.717, 1.165) is 62.5 Å². The third kappa shape index (κ3) is 7.76. The highest BCUT2D eigenvalue weighted by atomic mass is 16.5. The molecule has 0 bridgehead atoms. The van der Waals surface area contributed by atoms with Gasteiger partial charge in [0, 0.05) is 0 Å². The average molecular weight is 397 g/mol. The summed E-state index contributed by atoms with van der Waals surface area (Å²) in [5, 5.41) is 10.3. The van der Waals surface area contributed by atoms with Gasteiger partial charge in [0.25, 0.3) is 0 Å². The smallest absolute Gasteiger partial charge is 0.164 e. The third-order valence-electron chi connectivity index (χ3n) is 5.85. The van der Waals surface area contributed by atoms with Crippen LogP contribution in [0.15, 0.2) is 47.1 Å². The molecule has 0 unspecified atom stereocenters. The van der Waals surface area contributed by atoms with E-state index in [9.17, 15) is 5.11 Å². The van der Waals surface area contributed by atoms with E-state index in [4.69, 9.17) is 4.74 Å². The first kappa shape index (κ1) is 23.3. The van der Waals surface area contributed by atoms with Gasteiger partial charge in [0.2, 0.25) is 0 Å². The second-order valence-corrected chi connectivity index (χ2v) is 9.32. The molecule has 0 fully saturated rings. The van der Waals surface area contributed by atoms with Crippen molar-refractivity contribution in [2.75, 3.05) is 0 Å². The van der Waals surface area contributed by atoms with Gasteiger partial charge in [0.15, 0.2) is 11.5 Å². The molecule has 160 valence electrons. The Morgan fingerprint density at radius 3 is 2.28 bits per heavy atom. The van der Waals surface area contributed by atoms with E-state index in [2.05, 4.69) is 58.9 Å². The molecule has 2 heteroatoms. The lowest BCUT2D eigenvalue weighted by Crippen LogP contribution is -2.36. The Balaban J connectivity index is 1.79. The number of benzene rings is 1. The molecule has 1 atom stereocenters. The van der Waals surface area contributed by atoms with Crippen LogP contribution < -0.4 is 4.74 Å². The number of ether oxygens (including phenoxy) is 1. The molecule has 0 aromatic heterocycles. The first-order chi connectivity index (χ1) is 13.7. The van der Waals surface area contributed by atoms with E-state index in [1.165, 1.54) is 16.7 Å². The van der Waals surface area contributed by atoms with Crippen LogP contribution in [-0.2, 0) is 6.42 Å². The minimum Gasteiger partial charge on any atom is -0.504 e. The summed E-state index contributed by atoms with van der Waals surface area (Å²) in [4.78, 5) is 0. The summed E-state index contributed by atoms with van der Waals surface area (Å²) < 4.78 is 6.26. The van der Waals surface area contributed by atoms with Gasteiger partial charge in [0.1, 0.15) is 5.60 Å². The van der Waals surface area contributed by atoms with Gasteiger partial charge in [-0.1, -0.05) is 41.0 Å². The molecule has 29 heavy (non-hydrogen) atoms. The first-order valence-electron chi connectivity index (χ1n) is 11.1. The summed E-state index contributed by atoms with van der Waals surface area (Å²) in [6.45, 7) is 13.0. The molecule has 2 rings (SSSR count). The van der Waals surface area contributed by atoms with E-state index >= 15 is 0 Å². The van der Waals surface area contributed by atoms with Gasteiger partial charge < -0.3 is 9.84 Å². The fraction of sp³-hybridized carbons (Fsp3) is 0.556. The molecule has 2 nitrogen and oxygen atoms in total. The molecule has 1 aromatic rings. The van der Waals surface area contributed by atoms with E-state index in [-0.39, 0.29) is 11.4 Å². The van der Waals surface area contributed by atoms with Crippen LogP contribution in [0.4, 0.5) is 0 Å². The zero-order valence-electron chi connectivity index (χ0n) is 19.4. The quantitative estimate of drug-likeness (QED) is 0.429. The van der Waals surface area contributed by atoms with Crippen molar-refractivity contribution in [1.29, 1.82) is 0 Å². The fourth-order valence-corrected chi connectivity index (χ4v) is 3.97. The molecule has 1 N–H and O–H groups in total. The average Bonchev–Trinajstić information content (AvgIpc) is 2.62. The standard InChI is InChI=1S/C27H40O2/c1-20(2)10-7-11-21(3)12-8-13-22(4)14-9-16-27(6)17-15-24-18-23(5)19-25(28)26(24)29-27/h10,12,14,18-19,28H,7-9,11,13,15-17H2,1-6H3/b21-12+,22-14+/t27-/m0/s1. The van der Waals surface area contributed by atoms with Crippen molar-refractivity contribution in [3.8, 4) is 11.5 Å². The van der Waals surface area contributed by atoms with Crippen LogP contribution in [-0.4, -0.2) is 10.7 Å². The Labute approximate surface area is 178 Å².